The normalized spacial score (nSPS) is 15.6. The maximum absolute atomic E-state index is 12.4. The average molecular weight is 357 g/mol. The standard InChI is InChI=1S/C22H19N3O2/c1-3-12-27-18-10-6-16(7-11-18)19-13-21(26)24-22-20(19)14-23-25(22)17-8-4-15(2)5-9-17/h1,4-11,14,19H,12-13H2,2H3,(H,24,26). The second kappa shape index (κ2) is 7.00. The summed E-state index contributed by atoms with van der Waals surface area (Å²) in [6.07, 6.45) is 7.44. The predicted octanol–water partition coefficient (Wildman–Crippen LogP) is 3.67. The van der Waals surface area contributed by atoms with Gasteiger partial charge in [-0.15, -0.1) is 6.42 Å². The van der Waals surface area contributed by atoms with Crippen molar-refractivity contribution in [2.75, 3.05) is 11.9 Å². The number of nitrogens with one attached hydrogen (secondary N) is 1. The molecule has 2 aromatic carbocycles. The first-order valence-corrected chi connectivity index (χ1v) is 8.77. The molecule has 0 aliphatic carbocycles. The van der Waals surface area contributed by atoms with Crippen LogP contribution in [0.5, 0.6) is 5.75 Å². The minimum absolute atomic E-state index is 0.0194. The lowest BCUT2D eigenvalue weighted by molar-refractivity contribution is -0.116. The molecular weight excluding hydrogens is 338 g/mol. The molecule has 0 bridgehead atoms. The van der Waals surface area contributed by atoms with Gasteiger partial charge in [-0.2, -0.15) is 5.10 Å². The zero-order valence-electron chi connectivity index (χ0n) is 15.0. The monoisotopic (exact) mass is 357 g/mol. The third kappa shape index (κ3) is 3.30. The van der Waals surface area contributed by atoms with Crippen molar-refractivity contribution in [3.05, 3.63) is 71.4 Å². The predicted molar refractivity (Wildman–Crippen MR) is 104 cm³/mol. The molecule has 1 unspecified atom stereocenters. The summed E-state index contributed by atoms with van der Waals surface area (Å²) >= 11 is 0. The van der Waals surface area contributed by atoms with E-state index >= 15 is 0 Å². The number of terminal acetylenes is 1. The Kier molecular flexibility index (Phi) is 4.39. The van der Waals surface area contributed by atoms with E-state index in [2.05, 4.69) is 16.3 Å². The van der Waals surface area contributed by atoms with Crippen LogP contribution in [-0.2, 0) is 4.79 Å². The van der Waals surface area contributed by atoms with Gasteiger partial charge in [-0.1, -0.05) is 35.7 Å². The van der Waals surface area contributed by atoms with Crippen LogP contribution in [0.4, 0.5) is 5.82 Å². The molecule has 0 fully saturated rings. The molecule has 1 N–H and O–H groups in total. The highest BCUT2D eigenvalue weighted by Crippen LogP contribution is 2.38. The molecule has 134 valence electrons. The largest absolute Gasteiger partial charge is 0.481 e. The number of carbonyl (C=O) groups excluding carboxylic acids is 1. The first-order chi connectivity index (χ1) is 13.2. The van der Waals surface area contributed by atoms with Crippen molar-refractivity contribution < 1.29 is 9.53 Å². The Labute approximate surface area is 158 Å². The Morgan fingerprint density at radius 2 is 1.96 bits per heavy atom. The number of benzene rings is 2. The average Bonchev–Trinajstić information content (AvgIpc) is 3.10. The quantitative estimate of drug-likeness (QED) is 0.725. The van der Waals surface area contributed by atoms with Crippen molar-refractivity contribution in [1.82, 2.24) is 9.78 Å². The van der Waals surface area contributed by atoms with Gasteiger partial charge in [0.15, 0.2) is 0 Å². The van der Waals surface area contributed by atoms with Gasteiger partial charge in [0, 0.05) is 17.9 Å². The van der Waals surface area contributed by atoms with Gasteiger partial charge in [-0.05, 0) is 36.8 Å². The molecule has 5 nitrogen and oxygen atoms in total. The summed E-state index contributed by atoms with van der Waals surface area (Å²) in [4.78, 5) is 12.4. The maximum Gasteiger partial charge on any atom is 0.226 e. The van der Waals surface area contributed by atoms with Crippen molar-refractivity contribution in [2.45, 2.75) is 19.3 Å². The van der Waals surface area contributed by atoms with E-state index in [4.69, 9.17) is 11.2 Å². The van der Waals surface area contributed by atoms with E-state index in [1.54, 1.807) is 4.68 Å². The van der Waals surface area contributed by atoms with Crippen LogP contribution in [0.15, 0.2) is 54.7 Å². The molecule has 0 radical (unpaired) electrons. The number of carbonyl (C=O) groups is 1. The summed E-state index contributed by atoms with van der Waals surface area (Å²) in [6.45, 7) is 2.27. The number of ether oxygens (including phenoxy) is 1. The van der Waals surface area contributed by atoms with E-state index in [9.17, 15) is 4.79 Å². The number of aryl methyl sites for hydroxylation is 1. The molecule has 27 heavy (non-hydrogen) atoms. The summed E-state index contributed by atoms with van der Waals surface area (Å²) in [5.41, 5.74) is 4.14. The molecule has 3 aromatic rings. The highest BCUT2D eigenvalue weighted by atomic mass is 16.5. The fourth-order valence-electron chi connectivity index (χ4n) is 3.32. The summed E-state index contributed by atoms with van der Waals surface area (Å²) in [5, 5.41) is 7.50. The van der Waals surface area contributed by atoms with E-state index in [1.165, 1.54) is 5.56 Å². The van der Waals surface area contributed by atoms with Gasteiger partial charge in [0.2, 0.25) is 5.91 Å². The molecule has 0 saturated carbocycles. The summed E-state index contributed by atoms with van der Waals surface area (Å²) in [5.74, 6) is 3.83. The van der Waals surface area contributed by atoms with Crippen LogP contribution < -0.4 is 10.1 Å². The molecule has 1 aliphatic rings. The van der Waals surface area contributed by atoms with E-state index in [1.807, 2.05) is 61.7 Å². The molecular formula is C22H19N3O2. The molecule has 1 atom stereocenters. The van der Waals surface area contributed by atoms with Crippen LogP contribution in [0, 0.1) is 19.3 Å². The van der Waals surface area contributed by atoms with E-state index in [0.29, 0.717) is 12.2 Å². The lowest BCUT2D eigenvalue weighted by atomic mass is 9.87. The highest BCUT2D eigenvalue weighted by molar-refractivity contribution is 5.94. The fourth-order valence-corrected chi connectivity index (χ4v) is 3.32. The SMILES string of the molecule is C#CCOc1ccc(C2CC(=O)Nc3c2cnn3-c2ccc(C)cc2)cc1. The Morgan fingerprint density at radius 1 is 1.22 bits per heavy atom. The summed E-state index contributed by atoms with van der Waals surface area (Å²) in [7, 11) is 0. The second-order valence-corrected chi connectivity index (χ2v) is 6.56. The highest BCUT2D eigenvalue weighted by Gasteiger charge is 2.30. The minimum Gasteiger partial charge on any atom is -0.481 e. The fraction of sp³-hybridized carbons (Fsp3) is 0.182. The molecule has 0 saturated heterocycles. The van der Waals surface area contributed by atoms with Crippen molar-refractivity contribution >= 4 is 11.7 Å². The van der Waals surface area contributed by atoms with Gasteiger partial charge in [0.05, 0.1) is 11.9 Å². The first-order valence-electron chi connectivity index (χ1n) is 8.77. The minimum atomic E-state index is -0.0466. The number of fused-ring (bicyclic) bond motifs is 1. The third-order valence-electron chi connectivity index (χ3n) is 4.70. The smallest absolute Gasteiger partial charge is 0.226 e. The topological polar surface area (TPSA) is 56.1 Å². The maximum atomic E-state index is 12.4. The number of nitrogens with zero attached hydrogens (tertiary/aromatic N) is 2. The van der Waals surface area contributed by atoms with Gasteiger partial charge in [0.25, 0.3) is 0 Å². The molecule has 5 heteroatoms. The third-order valence-corrected chi connectivity index (χ3v) is 4.70. The van der Waals surface area contributed by atoms with Gasteiger partial charge < -0.3 is 10.1 Å². The van der Waals surface area contributed by atoms with Crippen molar-refractivity contribution in [3.63, 3.8) is 0 Å². The van der Waals surface area contributed by atoms with Gasteiger partial charge >= 0.3 is 0 Å². The van der Waals surface area contributed by atoms with Crippen LogP contribution in [0.3, 0.4) is 0 Å². The number of aromatic nitrogens is 2. The van der Waals surface area contributed by atoms with Crippen LogP contribution in [-0.4, -0.2) is 22.3 Å². The Morgan fingerprint density at radius 3 is 2.67 bits per heavy atom. The lowest BCUT2D eigenvalue weighted by Crippen LogP contribution is -2.24. The van der Waals surface area contributed by atoms with Gasteiger partial charge in [0.1, 0.15) is 18.2 Å². The van der Waals surface area contributed by atoms with Crippen molar-refractivity contribution in [2.24, 2.45) is 0 Å². The Hall–Kier alpha value is -3.52. The van der Waals surface area contributed by atoms with E-state index < -0.39 is 0 Å². The Bertz CT molecular complexity index is 1010. The summed E-state index contributed by atoms with van der Waals surface area (Å²) < 4.78 is 7.21. The lowest BCUT2D eigenvalue weighted by Gasteiger charge is -2.24. The van der Waals surface area contributed by atoms with Gasteiger partial charge in [-0.3, -0.25) is 4.79 Å². The second-order valence-electron chi connectivity index (χ2n) is 6.56. The van der Waals surface area contributed by atoms with E-state index in [-0.39, 0.29) is 18.4 Å². The van der Waals surface area contributed by atoms with Crippen LogP contribution in [0.2, 0.25) is 0 Å². The van der Waals surface area contributed by atoms with E-state index in [0.717, 1.165) is 22.6 Å². The van der Waals surface area contributed by atoms with Crippen molar-refractivity contribution in [3.8, 4) is 23.8 Å². The number of amides is 1. The molecule has 2 heterocycles. The van der Waals surface area contributed by atoms with Gasteiger partial charge in [-0.25, -0.2) is 4.68 Å². The molecule has 4 rings (SSSR count). The zero-order chi connectivity index (χ0) is 18.8. The van der Waals surface area contributed by atoms with Crippen LogP contribution in [0.25, 0.3) is 5.69 Å². The molecule has 0 spiro atoms. The molecule has 1 aromatic heterocycles. The van der Waals surface area contributed by atoms with Crippen LogP contribution in [0.1, 0.15) is 29.0 Å². The number of anilines is 1. The van der Waals surface area contributed by atoms with Crippen molar-refractivity contribution in [1.29, 1.82) is 0 Å². The number of rotatable bonds is 4. The number of hydrogen-bond acceptors (Lipinski definition) is 3. The Balaban J connectivity index is 1.69. The zero-order valence-corrected chi connectivity index (χ0v) is 15.0. The van der Waals surface area contributed by atoms with Crippen LogP contribution >= 0.6 is 0 Å². The molecule has 1 aliphatic heterocycles. The summed E-state index contributed by atoms with van der Waals surface area (Å²) in [6, 6.07) is 15.8. The first kappa shape index (κ1) is 16.9. The number of hydrogen-bond donors (Lipinski definition) is 1. The molecule has 1 amide bonds.